The third kappa shape index (κ3) is 3.08. The van der Waals surface area contributed by atoms with Crippen molar-refractivity contribution in [2.24, 2.45) is 0 Å². The van der Waals surface area contributed by atoms with Crippen LogP contribution in [0.2, 0.25) is 0 Å². The Kier molecular flexibility index (Phi) is 4.33. The van der Waals surface area contributed by atoms with Gasteiger partial charge in [0.1, 0.15) is 18.2 Å². The lowest BCUT2D eigenvalue weighted by Crippen LogP contribution is -2.39. The van der Waals surface area contributed by atoms with Crippen LogP contribution in [0.25, 0.3) is 0 Å². The highest BCUT2D eigenvalue weighted by molar-refractivity contribution is 5.47. The molecule has 0 amide bonds. The molecule has 1 saturated heterocycles. The lowest BCUT2D eigenvalue weighted by molar-refractivity contribution is 0.0891. The molecule has 1 aromatic heterocycles. The SMILES string of the molecule is COCc1nc(N)cc(N2CCCC(OC)C2)n1. The first kappa shape index (κ1) is 13.0. The maximum atomic E-state index is 5.80. The number of nitrogens with two attached hydrogens (primary N) is 1. The van der Waals surface area contributed by atoms with Crippen LogP contribution >= 0.6 is 0 Å². The van der Waals surface area contributed by atoms with Crippen LogP contribution in [-0.2, 0) is 16.1 Å². The molecule has 100 valence electrons. The zero-order valence-electron chi connectivity index (χ0n) is 10.9. The Bertz CT molecular complexity index is 400. The number of hydrogen-bond acceptors (Lipinski definition) is 6. The number of nitrogens with zero attached hydrogens (tertiary/aromatic N) is 3. The summed E-state index contributed by atoms with van der Waals surface area (Å²) in [6, 6.07) is 1.80. The largest absolute Gasteiger partial charge is 0.384 e. The molecule has 0 aromatic carbocycles. The Balaban J connectivity index is 2.16. The molecule has 2 N–H and O–H groups in total. The molecule has 0 radical (unpaired) electrons. The lowest BCUT2D eigenvalue weighted by atomic mass is 10.1. The topological polar surface area (TPSA) is 73.5 Å². The minimum Gasteiger partial charge on any atom is -0.384 e. The second-order valence-corrected chi connectivity index (χ2v) is 4.45. The van der Waals surface area contributed by atoms with Gasteiger partial charge in [-0.1, -0.05) is 0 Å². The summed E-state index contributed by atoms with van der Waals surface area (Å²) >= 11 is 0. The highest BCUT2D eigenvalue weighted by Gasteiger charge is 2.21. The summed E-state index contributed by atoms with van der Waals surface area (Å²) in [5.41, 5.74) is 5.80. The Labute approximate surface area is 107 Å². The number of rotatable bonds is 4. The number of aromatic nitrogens is 2. The van der Waals surface area contributed by atoms with Gasteiger partial charge in [0, 0.05) is 33.4 Å². The third-order valence-electron chi connectivity index (χ3n) is 3.09. The Hall–Kier alpha value is -1.40. The van der Waals surface area contributed by atoms with E-state index in [2.05, 4.69) is 14.9 Å². The second-order valence-electron chi connectivity index (χ2n) is 4.45. The number of hydrogen-bond donors (Lipinski definition) is 1. The van der Waals surface area contributed by atoms with E-state index in [1.54, 1.807) is 20.3 Å². The highest BCUT2D eigenvalue weighted by atomic mass is 16.5. The first-order valence-corrected chi connectivity index (χ1v) is 6.13. The molecule has 0 saturated carbocycles. The predicted molar refractivity (Wildman–Crippen MR) is 69.4 cm³/mol. The summed E-state index contributed by atoms with van der Waals surface area (Å²) in [5, 5.41) is 0. The molecule has 6 heteroatoms. The number of anilines is 2. The van der Waals surface area contributed by atoms with Gasteiger partial charge in [-0.15, -0.1) is 0 Å². The van der Waals surface area contributed by atoms with Crippen LogP contribution in [0.4, 0.5) is 11.6 Å². The molecule has 1 unspecified atom stereocenters. The summed E-state index contributed by atoms with van der Waals surface area (Å²) in [7, 11) is 3.37. The zero-order valence-corrected chi connectivity index (χ0v) is 10.9. The second kappa shape index (κ2) is 5.97. The van der Waals surface area contributed by atoms with Crippen LogP contribution in [0, 0.1) is 0 Å². The number of piperidine rings is 1. The normalized spacial score (nSPS) is 20.1. The minimum atomic E-state index is 0.265. The van der Waals surface area contributed by atoms with Gasteiger partial charge in [-0.25, -0.2) is 9.97 Å². The number of nitrogen functional groups attached to an aromatic ring is 1. The summed E-state index contributed by atoms with van der Waals surface area (Å²) in [6.45, 7) is 2.20. The molecule has 18 heavy (non-hydrogen) atoms. The molecule has 0 spiro atoms. The quantitative estimate of drug-likeness (QED) is 0.855. The maximum absolute atomic E-state index is 5.80. The average Bonchev–Trinajstić information content (AvgIpc) is 2.38. The standard InChI is InChI=1S/C12H20N4O2/c1-17-8-11-14-10(13)6-12(15-11)16-5-3-4-9(7-16)18-2/h6,9H,3-5,7-8H2,1-2H3,(H2,13,14,15). The van der Waals surface area contributed by atoms with E-state index in [9.17, 15) is 0 Å². The molecule has 1 atom stereocenters. The van der Waals surface area contributed by atoms with Crippen molar-refractivity contribution in [3.63, 3.8) is 0 Å². The van der Waals surface area contributed by atoms with E-state index in [1.807, 2.05) is 0 Å². The van der Waals surface area contributed by atoms with Crippen molar-refractivity contribution in [2.45, 2.75) is 25.6 Å². The van der Waals surface area contributed by atoms with Crippen molar-refractivity contribution in [2.75, 3.05) is 37.9 Å². The Morgan fingerprint density at radius 1 is 1.44 bits per heavy atom. The molecule has 1 aliphatic heterocycles. The van der Waals surface area contributed by atoms with Crippen molar-refractivity contribution in [1.29, 1.82) is 0 Å². The van der Waals surface area contributed by atoms with E-state index in [-0.39, 0.29) is 6.10 Å². The molecule has 0 bridgehead atoms. The van der Waals surface area contributed by atoms with E-state index in [0.29, 0.717) is 18.2 Å². The fourth-order valence-corrected chi connectivity index (χ4v) is 2.20. The van der Waals surface area contributed by atoms with Crippen molar-refractivity contribution in [3.8, 4) is 0 Å². The van der Waals surface area contributed by atoms with Crippen molar-refractivity contribution < 1.29 is 9.47 Å². The smallest absolute Gasteiger partial charge is 0.158 e. The van der Waals surface area contributed by atoms with Gasteiger partial charge < -0.3 is 20.1 Å². The number of methoxy groups -OCH3 is 2. The molecule has 1 aromatic rings. The van der Waals surface area contributed by atoms with Crippen LogP contribution < -0.4 is 10.6 Å². The van der Waals surface area contributed by atoms with Crippen molar-refractivity contribution >= 4 is 11.6 Å². The first-order valence-electron chi connectivity index (χ1n) is 6.13. The minimum absolute atomic E-state index is 0.265. The van der Waals surface area contributed by atoms with Crippen LogP contribution in [0.5, 0.6) is 0 Å². The number of ether oxygens (including phenoxy) is 2. The van der Waals surface area contributed by atoms with Crippen LogP contribution in [0.15, 0.2) is 6.07 Å². The van der Waals surface area contributed by atoms with E-state index < -0.39 is 0 Å². The molecule has 2 rings (SSSR count). The average molecular weight is 252 g/mol. The molecule has 6 nitrogen and oxygen atoms in total. The van der Waals surface area contributed by atoms with Gasteiger partial charge in [0.25, 0.3) is 0 Å². The van der Waals surface area contributed by atoms with Crippen molar-refractivity contribution in [3.05, 3.63) is 11.9 Å². The predicted octanol–water partition coefficient (Wildman–Crippen LogP) is 0.820. The lowest BCUT2D eigenvalue weighted by Gasteiger charge is -2.32. The molecule has 1 fully saturated rings. The first-order chi connectivity index (χ1) is 8.72. The summed E-state index contributed by atoms with van der Waals surface area (Å²) in [5.74, 6) is 1.95. The van der Waals surface area contributed by atoms with E-state index in [4.69, 9.17) is 15.2 Å². The zero-order chi connectivity index (χ0) is 13.0. The highest BCUT2D eigenvalue weighted by Crippen LogP contribution is 2.20. The van der Waals surface area contributed by atoms with E-state index >= 15 is 0 Å². The molecular formula is C12H20N4O2. The van der Waals surface area contributed by atoms with Crippen LogP contribution in [0.1, 0.15) is 18.7 Å². The van der Waals surface area contributed by atoms with Gasteiger partial charge in [-0.3, -0.25) is 0 Å². The monoisotopic (exact) mass is 252 g/mol. The summed E-state index contributed by atoms with van der Waals surface area (Å²) in [6.07, 6.45) is 2.46. The molecule has 0 aliphatic carbocycles. The van der Waals surface area contributed by atoms with Gasteiger partial charge in [0.05, 0.1) is 6.10 Å². The fourth-order valence-electron chi connectivity index (χ4n) is 2.20. The maximum Gasteiger partial charge on any atom is 0.158 e. The summed E-state index contributed by atoms with van der Waals surface area (Å²) < 4.78 is 10.5. The molecular weight excluding hydrogens is 232 g/mol. The van der Waals surface area contributed by atoms with Gasteiger partial charge in [-0.2, -0.15) is 0 Å². The van der Waals surface area contributed by atoms with E-state index in [1.165, 1.54) is 0 Å². The third-order valence-corrected chi connectivity index (χ3v) is 3.09. The van der Waals surface area contributed by atoms with Gasteiger partial charge >= 0.3 is 0 Å². The fraction of sp³-hybridized carbons (Fsp3) is 0.667. The summed E-state index contributed by atoms with van der Waals surface area (Å²) in [4.78, 5) is 10.8. The molecule has 1 aliphatic rings. The van der Waals surface area contributed by atoms with Crippen molar-refractivity contribution in [1.82, 2.24) is 9.97 Å². The Morgan fingerprint density at radius 2 is 2.28 bits per heavy atom. The van der Waals surface area contributed by atoms with Gasteiger partial charge in [-0.05, 0) is 12.8 Å². The van der Waals surface area contributed by atoms with E-state index in [0.717, 1.165) is 31.7 Å². The van der Waals surface area contributed by atoms with Crippen LogP contribution in [0.3, 0.4) is 0 Å². The Morgan fingerprint density at radius 3 is 3.00 bits per heavy atom. The van der Waals surface area contributed by atoms with Crippen LogP contribution in [-0.4, -0.2) is 43.4 Å². The molecule has 2 heterocycles. The van der Waals surface area contributed by atoms with Gasteiger partial charge in [0.15, 0.2) is 5.82 Å². The van der Waals surface area contributed by atoms with Gasteiger partial charge in [0.2, 0.25) is 0 Å².